The van der Waals surface area contributed by atoms with Crippen molar-refractivity contribution in [3.8, 4) is 5.75 Å². The van der Waals surface area contributed by atoms with E-state index in [1.54, 1.807) is 23.9 Å². The van der Waals surface area contributed by atoms with Crippen molar-refractivity contribution in [3.63, 3.8) is 0 Å². The number of likely N-dealkylation sites (N-methyl/N-ethyl adjacent to an activating group) is 1. The summed E-state index contributed by atoms with van der Waals surface area (Å²) in [6.45, 7) is 6.05. The molecule has 0 unspecified atom stereocenters. The number of carbonyl (C=O) groups excluding carboxylic acids is 1. The molecule has 1 amide bonds. The third-order valence-electron chi connectivity index (χ3n) is 5.12. The fourth-order valence-corrected chi connectivity index (χ4v) is 4.75. The number of hydrogen-bond acceptors (Lipinski definition) is 4. The van der Waals surface area contributed by atoms with Crippen LogP contribution in [-0.4, -0.2) is 53.6 Å². The monoisotopic (exact) mass is 350 g/mol. The van der Waals surface area contributed by atoms with Gasteiger partial charge < -0.3 is 15.3 Å². The molecule has 0 saturated carbocycles. The molecule has 1 heterocycles. The van der Waals surface area contributed by atoms with Gasteiger partial charge in [0.25, 0.3) is 0 Å². The molecule has 4 nitrogen and oxygen atoms in total. The van der Waals surface area contributed by atoms with Crippen molar-refractivity contribution in [1.82, 2.24) is 10.2 Å². The quantitative estimate of drug-likeness (QED) is 0.794. The van der Waals surface area contributed by atoms with Crippen LogP contribution in [0.25, 0.3) is 0 Å². The third-order valence-corrected chi connectivity index (χ3v) is 6.37. The highest BCUT2D eigenvalue weighted by atomic mass is 32.2. The average Bonchev–Trinajstić information content (AvgIpc) is 2.98. The Labute approximate surface area is 150 Å². The maximum Gasteiger partial charge on any atom is 0.226 e. The summed E-state index contributed by atoms with van der Waals surface area (Å²) in [5, 5.41) is 13.4. The molecular weight excluding hydrogens is 320 g/mol. The van der Waals surface area contributed by atoms with E-state index in [0.29, 0.717) is 23.8 Å². The predicted octanol–water partition coefficient (Wildman–Crippen LogP) is 2.76. The lowest BCUT2D eigenvalue weighted by Crippen LogP contribution is -2.46. The molecule has 0 bridgehead atoms. The lowest BCUT2D eigenvalue weighted by atomic mass is 9.92. The van der Waals surface area contributed by atoms with Gasteiger partial charge >= 0.3 is 0 Å². The molecule has 1 saturated heterocycles. The number of nitrogens with one attached hydrogen (secondary N) is 1. The summed E-state index contributed by atoms with van der Waals surface area (Å²) in [5.74, 6) is 1.09. The smallest absolute Gasteiger partial charge is 0.226 e. The molecule has 5 heteroatoms. The number of phenolic OH excluding ortho intramolecular Hbond substituents is 1. The van der Waals surface area contributed by atoms with Gasteiger partial charge in [-0.15, -0.1) is 0 Å². The Balaban J connectivity index is 1.93. The second kappa shape index (κ2) is 8.77. The standard InChI is InChI=1S/C19H30N2O2S/c1-13-8-10-20-17(13)18(24-4)14(2)19(23)21(3)11-9-15-6-5-7-16(22)12-15/h5-7,12-14,17-18,20,22H,8-11H2,1-4H3/t13-,14+,17-,18+/m0/s1. The molecule has 1 aromatic carbocycles. The van der Waals surface area contributed by atoms with Gasteiger partial charge in [0.15, 0.2) is 0 Å². The van der Waals surface area contributed by atoms with Crippen molar-refractivity contribution in [1.29, 1.82) is 0 Å². The first-order valence-electron chi connectivity index (χ1n) is 8.73. The van der Waals surface area contributed by atoms with E-state index >= 15 is 0 Å². The summed E-state index contributed by atoms with van der Waals surface area (Å²) in [6.07, 6.45) is 4.05. The van der Waals surface area contributed by atoms with Gasteiger partial charge in [0.2, 0.25) is 5.91 Å². The van der Waals surface area contributed by atoms with E-state index in [2.05, 4.69) is 25.4 Å². The fraction of sp³-hybridized carbons (Fsp3) is 0.632. The summed E-state index contributed by atoms with van der Waals surface area (Å²) < 4.78 is 0. The van der Waals surface area contributed by atoms with Crippen molar-refractivity contribution in [2.75, 3.05) is 26.4 Å². The molecule has 24 heavy (non-hydrogen) atoms. The van der Waals surface area contributed by atoms with E-state index in [0.717, 1.165) is 18.5 Å². The minimum atomic E-state index is -0.00720. The average molecular weight is 351 g/mol. The number of rotatable bonds is 7. The van der Waals surface area contributed by atoms with Gasteiger partial charge in [-0.2, -0.15) is 11.8 Å². The molecule has 1 aliphatic heterocycles. The first-order valence-corrected chi connectivity index (χ1v) is 10.0. The van der Waals surface area contributed by atoms with Crippen LogP contribution >= 0.6 is 11.8 Å². The van der Waals surface area contributed by atoms with Gasteiger partial charge in [-0.1, -0.05) is 26.0 Å². The number of benzene rings is 1. The molecule has 4 atom stereocenters. The fourth-order valence-electron chi connectivity index (χ4n) is 3.57. The number of hydrogen-bond donors (Lipinski definition) is 2. The maximum absolute atomic E-state index is 12.8. The Morgan fingerprint density at radius 3 is 2.83 bits per heavy atom. The van der Waals surface area contributed by atoms with E-state index in [4.69, 9.17) is 0 Å². The number of phenols is 1. The minimum absolute atomic E-state index is 0.00720. The lowest BCUT2D eigenvalue weighted by molar-refractivity contribution is -0.133. The van der Waals surface area contributed by atoms with Gasteiger partial charge in [0.05, 0.1) is 0 Å². The van der Waals surface area contributed by atoms with Crippen LogP contribution in [0.1, 0.15) is 25.8 Å². The molecule has 0 spiro atoms. The summed E-state index contributed by atoms with van der Waals surface area (Å²) in [4.78, 5) is 14.7. The van der Waals surface area contributed by atoms with Crippen LogP contribution in [0.2, 0.25) is 0 Å². The zero-order valence-electron chi connectivity index (χ0n) is 15.2. The predicted molar refractivity (Wildman–Crippen MR) is 101 cm³/mol. The van der Waals surface area contributed by atoms with E-state index in [-0.39, 0.29) is 17.6 Å². The molecule has 2 N–H and O–H groups in total. The van der Waals surface area contributed by atoms with E-state index < -0.39 is 0 Å². The van der Waals surface area contributed by atoms with Gasteiger partial charge in [-0.3, -0.25) is 4.79 Å². The highest BCUT2D eigenvalue weighted by Gasteiger charge is 2.36. The normalized spacial score (nSPS) is 23.0. The van der Waals surface area contributed by atoms with Gasteiger partial charge in [-0.05, 0) is 49.3 Å². The molecular formula is C19H30N2O2S. The first-order chi connectivity index (χ1) is 11.4. The van der Waals surface area contributed by atoms with Crippen LogP contribution in [0.3, 0.4) is 0 Å². The third kappa shape index (κ3) is 4.67. The van der Waals surface area contributed by atoms with Crippen molar-refractivity contribution < 1.29 is 9.90 Å². The van der Waals surface area contributed by atoms with Crippen LogP contribution < -0.4 is 5.32 Å². The van der Waals surface area contributed by atoms with Gasteiger partial charge in [0.1, 0.15) is 5.75 Å². The summed E-state index contributed by atoms with van der Waals surface area (Å²) in [6, 6.07) is 7.66. The zero-order chi connectivity index (χ0) is 17.7. The molecule has 134 valence electrons. The molecule has 0 aliphatic carbocycles. The van der Waals surface area contributed by atoms with Crippen molar-refractivity contribution >= 4 is 17.7 Å². The largest absolute Gasteiger partial charge is 0.508 e. The van der Waals surface area contributed by atoms with Gasteiger partial charge in [0, 0.05) is 30.8 Å². The first kappa shape index (κ1) is 19.1. The Kier molecular flexibility index (Phi) is 6.99. The highest BCUT2D eigenvalue weighted by molar-refractivity contribution is 7.99. The topological polar surface area (TPSA) is 52.6 Å². The van der Waals surface area contributed by atoms with Crippen LogP contribution in [0, 0.1) is 11.8 Å². The van der Waals surface area contributed by atoms with E-state index in [9.17, 15) is 9.90 Å². The van der Waals surface area contributed by atoms with Crippen molar-refractivity contribution in [2.24, 2.45) is 11.8 Å². The highest BCUT2D eigenvalue weighted by Crippen LogP contribution is 2.30. The number of thioether (sulfide) groups is 1. The summed E-state index contributed by atoms with van der Waals surface area (Å²) >= 11 is 1.80. The number of nitrogens with zero attached hydrogens (tertiary/aromatic N) is 1. The maximum atomic E-state index is 12.8. The Morgan fingerprint density at radius 1 is 1.50 bits per heavy atom. The van der Waals surface area contributed by atoms with E-state index in [1.165, 1.54) is 6.42 Å². The second-order valence-corrected chi connectivity index (χ2v) is 7.93. The zero-order valence-corrected chi connectivity index (χ0v) is 16.0. The second-order valence-electron chi connectivity index (χ2n) is 6.91. The van der Waals surface area contributed by atoms with E-state index in [1.807, 2.05) is 24.1 Å². The number of amides is 1. The van der Waals surface area contributed by atoms with Crippen LogP contribution in [0.5, 0.6) is 5.75 Å². The molecule has 2 rings (SSSR count). The molecule has 0 radical (unpaired) electrons. The molecule has 1 aromatic rings. The minimum Gasteiger partial charge on any atom is -0.508 e. The van der Waals surface area contributed by atoms with Gasteiger partial charge in [-0.25, -0.2) is 0 Å². The summed E-state index contributed by atoms with van der Waals surface area (Å²) in [5.41, 5.74) is 1.05. The summed E-state index contributed by atoms with van der Waals surface area (Å²) in [7, 11) is 1.88. The lowest BCUT2D eigenvalue weighted by Gasteiger charge is -2.32. The van der Waals surface area contributed by atoms with Crippen LogP contribution in [0.4, 0.5) is 0 Å². The Bertz CT molecular complexity index is 552. The van der Waals surface area contributed by atoms with Crippen molar-refractivity contribution in [3.05, 3.63) is 29.8 Å². The number of aromatic hydroxyl groups is 1. The Hall–Kier alpha value is -1.20. The van der Waals surface area contributed by atoms with Crippen molar-refractivity contribution in [2.45, 2.75) is 38.0 Å². The van der Waals surface area contributed by atoms with Crippen LogP contribution in [-0.2, 0) is 11.2 Å². The molecule has 1 fully saturated rings. The molecule has 1 aliphatic rings. The number of carbonyl (C=O) groups is 1. The Morgan fingerprint density at radius 2 is 2.25 bits per heavy atom. The van der Waals surface area contributed by atoms with Crippen LogP contribution in [0.15, 0.2) is 24.3 Å². The molecule has 0 aromatic heterocycles. The SMILES string of the molecule is CS[C@@H]([C@H]1NCC[C@@H]1C)[C@@H](C)C(=O)N(C)CCc1cccc(O)c1.